The quantitative estimate of drug-likeness (QED) is 0.732. The molecule has 2 aromatic carbocycles. The maximum atomic E-state index is 12.6. The third-order valence-electron chi connectivity index (χ3n) is 3.73. The minimum absolute atomic E-state index is 0.0602. The molecule has 0 aliphatic heterocycles. The van der Waals surface area contributed by atoms with Gasteiger partial charge in [0.15, 0.2) is 0 Å². The number of carbonyl (C=O) groups is 1. The van der Waals surface area contributed by atoms with Gasteiger partial charge in [-0.25, -0.2) is 8.42 Å². The van der Waals surface area contributed by atoms with Crippen LogP contribution in [-0.2, 0) is 14.8 Å². The molecule has 2 rings (SSSR count). The van der Waals surface area contributed by atoms with E-state index in [-0.39, 0.29) is 10.8 Å². The fraction of sp³-hybridized carbons (Fsp3) is 0.316. The molecule has 0 saturated carbocycles. The lowest BCUT2D eigenvalue weighted by Gasteiger charge is -2.13. The Hall–Kier alpha value is -2.54. The minimum Gasteiger partial charge on any atom is -0.495 e. The number of benzene rings is 2. The maximum absolute atomic E-state index is 12.6. The summed E-state index contributed by atoms with van der Waals surface area (Å²) in [6, 6.07) is 12.9. The molecule has 140 valence electrons. The Kier molecular flexibility index (Phi) is 6.63. The van der Waals surface area contributed by atoms with E-state index >= 15 is 0 Å². The van der Waals surface area contributed by atoms with Crippen molar-refractivity contribution in [3.63, 3.8) is 0 Å². The average Bonchev–Trinajstić information content (AvgIpc) is 2.60. The summed E-state index contributed by atoms with van der Waals surface area (Å²) < 4.78 is 33.0. The Balaban J connectivity index is 2.16. The zero-order chi connectivity index (χ0) is 19.2. The monoisotopic (exact) mass is 376 g/mol. The molecule has 0 aromatic heterocycles. The predicted octanol–water partition coefficient (Wildman–Crippen LogP) is 3.87. The molecular weight excluding hydrogens is 352 g/mol. The third-order valence-corrected chi connectivity index (χ3v) is 5.09. The number of carbonyl (C=O) groups excluding carboxylic acids is 1. The summed E-state index contributed by atoms with van der Waals surface area (Å²) in [4.78, 5) is 12.0. The molecule has 0 aliphatic carbocycles. The minimum atomic E-state index is -3.81. The van der Waals surface area contributed by atoms with Crippen LogP contribution in [0.15, 0.2) is 53.4 Å². The normalized spacial score (nSPS) is 11.2. The number of amides is 1. The van der Waals surface area contributed by atoms with Gasteiger partial charge in [-0.15, -0.1) is 0 Å². The molecule has 0 heterocycles. The number of methoxy groups -OCH3 is 1. The summed E-state index contributed by atoms with van der Waals surface area (Å²) >= 11 is 0. The molecule has 2 aromatic rings. The zero-order valence-corrected chi connectivity index (χ0v) is 16.0. The lowest BCUT2D eigenvalue weighted by atomic mass is 10.1. The number of sulfonamides is 1. The van der Waals surface area contributed by atoms with Crippen molar-refractivity contribution in [2.24, 2.45) is 5.92 Å². The Morgan fingerprint density at radius 2 is 1.85 bits per heavy atom. The number of para-hydroxylation sites is 2. The Morgan fingerprint density at radius 1 is 1.12 bits per heavy atom. The highest BCUT2D eigenvalue weighted by molar-refractivity contribution is 7.92. The maximum Gasteiger partial charge on any atom is 0.262 e. The van der Waals surface area contributed by atoms with Crippen LogP contribution in [0, 0.1) is 5.92 Å². The molecule has 0 fully saturated rings. The predicted molar refractivity (Wildman–Crippen MR) is 103 cm³/mol. The van der Waals surface area contributed by atoms with Gasteiger partial charge < -0.3 is 10.1 Å². The molecule has 0 radical (unpaired) electrons. The van der Waals surface area contributed by atoms with Crippen LogP contribution in [-0.4, -0.2) is 21.4 Å². The van der Waals surface area contributed by atoms with E-state index in [1.807, 2.05) is 13.8 Å². The van der Waals surface area contributed by atoms with Gasteiger partial charge in [0, 0.05) is 12.1 Å². The number of ether oxygens (including phenoxy) is 1. The summed E-state index contributed by atoms with van der Waals surface area (Å²) in [5.74, 6) is 0.720. The fourth-order valence-electron chi connectivity index (χ4n) is 2.32. The van der Waals surface area contributed by atoms with Crippen LogP contribution >= 0.6 is 0 Å². The number of hydrogen-bond donors (Lipinski definition) is 2. The first-order valence-corrected chi connectivity index (χ1v) is 9.86. The van der Waals surface area contributed by atoms with Crippen molar-refractivity contribution < 1.29 is 17.9 Å². The van der Waals surface area contributed by atoms with Crippen molar-refractivity contribution in [3.05, 3.63) is 48.5 Å². The van der Waals surface area contributed by atoms with E-state index in [4.69, 9.17) is 4.74 Å². The lowest BCUT2D eigenvalue weighted by molar-refractivity contribution is -0.116. The molecule has 0 unspecified atom stereocenters. The first-order chi connectivity index (χ1) is 12.3. The summed E-state index contributed by atoms with van der Waals surface area (Å²) in [5, 5.41) is 2.74. The zero-order valence-electron chi connectivity index (χ0n) is 15.2. The summed E-state index contributed by atoms with van der Waals surface area (Å²) in [5.41, 5.74) is 0.794. The molecule has 6 nitrogen and oxygen atoms in total. The molecule has 0 saturated heterocycles. The van der Waals surface area contributed by atoms with Gasteiger partial charge in [0.2, 0.25) is 5.91 Å². The van der Waals surface area contributed by atoms with Gasteiger partial charge in [0.1, 0.15) is 5.75 Å². The summed E-state index contributed by atoms with van der Waals surface area (Å²) in [6.45, 7) is 4.09. The van der Waals surface area contributed by atoms with Gasteiger partial charge >= 0.3 is 0 Å². The lowest BCUT2D eigenvalue weighted by Crippen LogP contribution is -2.15. The molecule has 0 spiro atoms. The highest BCUT2D eigenvalue weighted by atomic mass is 32.2. The van der Waals surface area contributed by atoms with Gasteiger partial charge in [0.25, 0.3) is 10.0 Å². The SMILES string of the molecule is COc1ccccc1NS(=O)(=O)c1cccc(NC(=O)CCC(C)C)c1. The van der Waals surface area contributed by atoms with E-state index in [9.17, 15) is 13.2 Å². The number of anilines is 2. The van der Waals surface area contributed by atoms with Gasteiger partial charge in [0.05, 0.1) is 17.7 Å². The van der Waals surface area contributed by atoms with Gasteiger partial charge in [-0.1, -0.05) is 32.0 Å². The highest BCUT2D eigenvalue weighted by Crippen LogP contribution is 2.26. The van der Waals surface area contributed by atoms with Crippen LogP contribution in [0.25, 0.3) is 0 Å². The van der Waals surface area contributed by atoms with E-state index in [1.54, 1.807) is 36.4 Å². The summed E-state index contributed by atoms with van der Waals surface area (Å²) in [6.07, 6.45) is 1.17. The number of nitrogens with one attached hydrogen (secondary N) is 2. The van der Waals surface area contributed by atoms with E-state index in [0.29, 0.717) is 29.5 Å². The first kappa shape index (κ1) is 19.8. The van der Waals surface area contributed by atoms with Gasteiger partial charge in [-0.05, 0) is 42.7 Å². The van der Waals surface area contributed by atoms with E-state index in [1.165, 1.54) is 19.2 Å². The second-order valence-corrected chi connectivity index (χ2v) is 8.00. The number of hydrogen-bond acceptors (Lipinski definition) is 4. The second-order valence-electron chi connectivity index (χ2n) is 6.31. The fourth-order valence-corrected chi connectivity index (χ4v) is 3.43. The number of rotatable bonds is 8. The Bertz CT molecular complexity index is 863. The molecule has 0 aliphatic rings. The molecule has 0 bridgehead atoms. The third kappa shape index (κ3) is 5.49. The summed E-state index contributed by atoms with van der Waals surface area (Å²) in [7, 11) is -2.34. The molecule has 1 amide bonds. The van der Waals surface area contributed by atoms with Crippen LogP contribution in [0.3, 0.4) is 0 Å². The standard InChI is InChI=1S/C19H24N2O4S/c1-14(2)11-12-19(22)20-15-7-6-8-16(13-15)26(23,24)21-17-9-4-5-10-18(17)25-3/h4-10,13-14,21H,11-12H2,1-3H3,(H,20,22). The second kappa shape index (κ2) is 8.71. The van der Waals surface area contributed by atoms with Crippen LogP contribution in [0.5, 0.6) is 5.75 Å². The topological polar surface area (TPSA) is 84.5 Å². The first-order valence-electron chi connectivity index (χ1n) is 8.37. The van der Waals surface area contributed by atoms with E-state index in [0.717, 1.165) is 6.42 Å². The van der Waals surface area contributed by atoms with Crippen LogP contribution in [0.2, 0.25) is 0 Å². The van der Waals surface area contributed by atoms with Gasteiger partial charge in [-0.3, -0.25) is 9.52 Å². The van der Waals surface area contributed by atoms with E-state index < -0.39 is 10.0 Å². The molecule has 26 heavy (non-hydrogen) atoms. The Labute approximate surface area is 154 Å². The van der Waals surface area contributed by atoms with Gasteiger partial charge in [-0.2, -0.15) is 0 Å². The smallest absolute Gasteiger partial charge is 0.262 e. The van der Waals surface area contributed by atoms with Crippen molar-refractivity contribution in [3.8, 4) is 5.75 Å². The van der Waals surface area contributed by atoms with Crippen molar-refractivity contribution in [2.75, 3.05) is 17.1 Å². The van der Waals surface area contributed by atoms with Crippen molar-refractivity contribution in [1.82, 2.24) is 0 Å². The molecular formula is C19H24N2O4S. The molecule has 7 heteroatoms. The Morgan fingerprint density at radius 3 is 2.54 bits per heavy atom. The highest BCUT2D eigenvalue weighted by Gasteiger charge is 2.17. The van der Waals surface area contributed by atoms with Crippen molar-refractivity contribution in [1.29, 1.82) is 0 Å². The van der Waals surface area contributed by atoms with E-state index in [2.05, 4.69) is 10.0 Å². The van der Waals surface area contributed by atoms with Crippen LogP contribution in [0.4, 0.5) is 11.4 Å². The van der Waals surface area contributed by atoms with Crippen molar-refractivity contribution in [2.45, 2.75) is 31.6 Å². The molecule has 2 N–H and O–H groups in total. The molecule has 0 atom stereocenters. The van der Waals surface area contributed by atoms with Crippen LogP contribution < -0.4 is 14.8 Å². The largest absolute Gasteiger partial charge is 0.495 e. The average molecular weight is 376 g/mol. The van der Waals surface area contributed by atoms with Crippen LogP contribution in [0.1, 0.15) is 26.7 Å². The van der Waals surface area contributed by atoms with Crippen molar-refractivity contribution >= 4 is 27.3 Å².